The van der Waals surface area contributed by atoms with E-state index in [0.29, 0.717) is 0 Å². The van der Waals surface area contributed by atoms with Gasteiger partial charge in [0.05, 0.1) is 0 Å². The topological polar surface area (TPSA) is 50.9 Å². The maximum Gasteiger partial charge on any atom is 0.125 e. The Morgan fingerprint density at radius 3 is 2.30 bits per heavy atom. The summed E-state index contributed by atoms with van der Waals surface area (Å²) in [4.78, 5) is 4.46. The van der Waals surface area contributed by atoms with Crippen molar-refractivity contribution in [3.8, 4) is 0 Å². The van der Waals surface area contributed by atoms with Crippen molar-refractivity contribution >= 4 is 11.5 Å². The highest BCUT2D eigenvalue weighted by Gasteiger charge is 2.13. The fourth-order valence-corrected chi connectivity index (χ4v) is 1.96. The van der Waals surface area contributed by atoms with E-state index < -0.39 is 0 Å². The first-order valence-corrected chi connectivity index (χ1v) is 7.00. The Morgan fingerprint density at radius 2 is 1.75 bits per heavy atom. The molecule has 0 saturated carbocycles. The first kappa shape index (κ1) is 14.4. The Labute approximate surface area is 121 Å². The molecule has 0 aliphatic rings. The number of nitrogens with two attached hydrogens (primary N) is 1. The molecule has 1 heterocycles. The highest BCUT2D eigenvalue weighted by atomic mass is 15.0. The Bertz CT molecular complexity index is 536. The van der Waals surface area contributed by atoms with Gasteiger partial charge in [-0.15, -0.1) is 0 Å². The van der Waals surface area contributed by atoms with Crippen LogP contribution in [0.5, 0.6) is 0 Å². The molecule has 0 aliphatic carbocycles. The molecule has 0 aliphatic heterocycles. The van der Waals surface area contributed by atoms with Gasteiger partial charge in [-0.2, -0.15) is 0 Å². The van der Waals surface area contributed by atoms with E-state index in [0.717, 1.165) is 24.5 Å². The van der Waals surface area contributed by atoms with Gasteiger partial charge in [-0.3, -0.25) is 0 Å². The quantitative estimate of drug-likeness (QED) is 0.834. The van der Waals surface area contributed by atoms with Gasteiger partial charge < -0.3 is 11.1 Å². The van der Waals surface area contributed by atoms with Crippen LogP contribution in [0.25, 0.3) is 0 Å². The monoisotopic (exact) mass is 269 g/mol. The summed E-state index contributed by atoms with van der Waals surface area (Å²) in [7, 11) is 0. The molecule has 3 heteroatoms. The van der Waals surface area contributed by atoms with Gasteiger partial charge >= 0.3 is 0 Å². The van der Waals surface area contributed by atoms with Crippen molar-refractivity contribution in [1.29, 1.82) is 0 Å². The van der Waals surface area contributed by atoms with E-state index in [2.05, 4.69) is 49.3 Å². The zero-order chi connectivity index (χ0) is 14.6. The van der Waals surface area contributed by atoms with Gasteiger partial charge in [-0.25, -0.2) is 4.98 Å². The normalized spacial score (nSPS) is 11.3. The standard InChI is InChI=1S/C17H23N3/c1-17(2,3)14-6-9-16(20-12-14)19-11-10-13-4-7-15(18)8-5-13/h4-9,12H,10-11,18H2,1-3H3,(H,19,20). The Kier molecular flexibility index (Phi) is 4.28. The molecule has 1 aromatic carbocycles. The fourth-order valence-electron chi connectivity index (χ4n) is 1.96. The number of nitrogens with one attached hydrogen (secondary N) is 1. The molecule has 3 nitrogen and oxygen atoms in total. The average Bonchev–Trinajstić information content (AvgIpc) is 2.41. The number of hydrogen-bond acceptors (Lipinski definition) is 3. The highest BCUT2D eigenvalue weighted by Crippen LogP contribution is 2.21. The third kappa shape index (κ3) is 3.98. The number of hydrogen-bond donors (Lipinski definition) is 2. The van der Waals surface area contributed by atoms with Crippen LogP contribution in [0.4, 0.5) is 11.5 Å². The molecule has 0 unspecified atom stereocenters. The van der Waals surface area contributed by atoms with Gasteiger partial charge in [0.2, 0.25) is 0 Å². The predicted molar refractivity (Wildman–Crippen MR) is 86.0 cm³/mol. The lowest BCUT2D eigenvalue weighted by atomic mass is 9.88. The van der Waals surface area contributed by atoms with Crippen molar-refractivity contribution < 1.29 is 0 Å². The van der Waals surface area contributed by atoms with Crippen LogP contribution in [0, 0.1) is 0 Å². The lowest BCUT2D eigenvalue weighted by Gasteiger charge is -2.18. The predicted octanol–water partition coefficient (Wildman–Crippen LogP) is 3.62. The molecule has 0 fully saturated rings. The van der Waals surface area contributed by atoms with Crippen molar-refractivity contribution in [1.82, 2.24) is 4.98 Å². The van der Waals surface area contributed by atoms with Crippen molar-refractivity contribution in [2.75, 3.05) is 17.6 Å². The summed E-state index contributed by atoms with van der Waals surface area (Å²) >= 11 is 0. The number of benzene rings is 1. The molecule has 106 valence electrons. The summed E-state index contributed by atoms with van der Waals surface area (Å²) in [6.45, 7) is 7.44. The fraction of sp³-hybridized carbons (Fsp3) is 0.353. The van der Waals surface area contributed by atoms with E-state index in [1.807, 2.05) is 24.4 Å². The van der Waals surface area contributed by atoms with Gasteiger partial charge in [-0.05, 0) is 41.2 Å². The molecule has 0 saturated heterocycles. The van der Waals surface area contributed by atoms with E-state index in [9.17, 15) is 0 Å². The van der Waals surface area contributed by atoms with Crippen LogP contribution >= 0.6 is 0 Å². The van der Waals surface area contributed by atoms with Crippen molar-refractivity contribution in [3.63, 3.8) is 0 Å². The Morgan fingerprint density at radius 1 is 1.05 bits per heavy atom. The maximum absolute atomic E-state index is 5.67. The minimum Gasteiger partial charge on any atom is -0.399 e. The van der Waals surface area contributed by atoms with Crippen LogP contribution in [0.2, 0.25) is 0 Å². The van der Waals surface area contributed by atoms with E-state index in [4.69, 9.17) is 5.73 Å². The number of nitrogens with zero attached hydrogens (tertiary/aromatic N) is 1. The number of rotatable bonds is 4. The smallest absolute Gasteiger partial charge is 0.125 e. The third-order valence-corrected chi connectivity index (χ3v) is 3.33. The lowest BCUT2D eigenvalue weighted by Crippen LogP contribution is -2.12. The summed E-state index contributed by atoms with van der Waals surface area (Å²) in [6.07, 6.45) is 2.91. The lowest BCUT2D eigenvalue weighted by molar-refractivity contribution is 0.587. The highest BCUT2D eigenvalue weighted by molar-refractivity contribution is 5.40. The number of nitrogen functional groups attached to an aromatic ring is 1. The minimum absolute atomic E-state index is 0.148. The summed E-state index contributed by atoms with van der Waals surface area (Å²) < 4.78 is 0. The van der Waals surface area contributed by atoms with Gasteiger partial charge in [0.1, 0.15) is 5.82 Å². The van der Waals surface area contributed by atoms with Crippen LogP contribution in [-0.4, -0.2) is 11.5 Å². The van der Waals surface area contributed by atoms with Crippen LogP contribution in [0.1, 0.15) is 31.9 Å². The molecule has 3 N–H and O–H groups in total. The molecule has 2 aromatic rings. The van der Waals surface area contributed by atoms with E-state index >= 15 is 0 Å². The molecule has 0 atom stereocenters. The van der Waals surface area contributed by atoms with Gasteiger partial charge in [0, 0.05) is 18.4 Å². The maximum atomic E-state index is 5.67. The largest absolute Gasteiger partial charge is 0.399 e. The van der Waals surface area contributed by atoms with E-state index in [1.165, 1.54) is 11.1 Å². The number of anilines is 2. The van der Waals surface area contributed by atoms with Gasteiger partial charge in [0.25, 0.3) is 0 Å². The van der Waals surface area contributed by atoms with Crippen molar-refractivity contribution in [2.45, 2.75) is 32.6 Å². The first-order chi connectivity index (χ1) is 9.45. The second kappa shape index (κ2) is 5.95. The molecule has 2 rings (SSSR count). The molecule has 1 aromatic heterocycles. The molecule has 0 bridgehead atoms. The molecular weight excluding hydrogens is 246 g/mol. The minimum atomic E-state index is 0.148. The van der Waals surface area contributed by atoms with Crippen molar-refractivity contribution in [3.05, 3.63) is 53.7 Å². The summed E-state index contributed by atoms with van der Waals surface area (Å²) in [5.41, 5.74) is 9.15. The van der Waals surface area contributed by atoms with Crippen LogP contribution in [-0.2, 0) is 11.8 Å². The Hall–Kier alpha value is -2.03. The average molecular weight is 269 g/mol. The van der Waals surface area contributed by atoms with Gasteiger partial charge in [-0.1, -0.05) is 39.0 Å². The molecule has 20 heavy (non-hydrogen) atoms. The third-order valence-electron chi connectivity index (χ3n) is 3.33. The van der Waals surface area contributed by atoms with Crippen molar-refractivity contribution in [2.24, 2.45) is 0 Å². The zero-order valence-electron chi connectivity index (χ0n) is 12.5. The molecule has 0 radical (unpaired) electrons. The molecular formula is C17H23N3. The Balaban J connectivity index is 1.87. The number of aromatic nitrogens is 1. The summed E-state index contributed by atoms with van der Waals surface area (Å²) in [5.74, 6) is 0.924. The second-order valence-corrected chi connectivity index (χ2v) is 6.10. The molecule has 0 spiro atoms. The summed E-state index contributed by atoms with van der Waals surface area (Å²) in [5, 5.41) is 3.34. The van der Waals surface area contributed by atoms with Gasteiger partial charge in [0.15, 0.2) is 0 Å². The van der Waals surface area contributed by atoms with Crippen LogP contribution < -0.4 is 11.1 Å². The second-order valence-electron chi connectivity index (χ2n) is 6.10. The summed E-state index contributed by atoms with van der Waals surface area (Å²) in [6, 6.07) is 12.2. The van der Waals surface area contributed by atoms with Crippen LogP contribution in [0.3, 0.4) is 0 Å². The SMILES string of the molecule is CC(C)(C)c1ccc(NCCc2ccc(N)cc2)nc1. The first-order valence-electron chi connectivity index (χ1n) is 7.00. The van der Waals surface area contributed by atoms with E-state index in [-0.39, 0.29) is 5.41 Å². The van der Waals surface area contributed by atoms with E-state index in [1.54, 1.807) is 0 Å². The zero-order valence-corrected chi connectivity index (χ0v) is 12.5. The molecule has 0 amide bonds. The number of pyridine rings is 1. The van der Waals surface area contributed by atoms with Crippen LogP contribution in [0.15, 0.2) is 42.6 Å².